The van der Waals surface area contributed by atoms with Crippen molar-refractivity contribution in [3.8, 4) is 0 Å². The summed E-state index contributed by atoms with van der Waals surface area (Å²) in [7, 11) is -0.469. The van der Waals surface area contributed by atoms with Crippen LogP contribution in [-0.2, 0) is 21.2 Å². The van der Waals surface area contributed by atoms with E-state index in [1.807, 2.05) is 37.3 Å². The van der Waals surface area contributed by atoms with Crippen molar-refractivity contribution < 1.29 is 13.2 Å². The normalized spacial score (nSPS) is 12.8. The summed E-state index contributed by atoms with van der Waals surface area (Å²) >= 11 is 0. The number of carbonyl (C=O) groups excluding carboxylic acids is 1. The van der Waals surface area contributed by atoms with Gasteiger partial charge in [0.25, 0.3) is 0 Å². The molecule has 0 aliphatic heterocycles. The van der Waals surface area contributed by atoms with Crippen LogP contribution in [0.1, 0.15) is 24.1 Å². The van der Waals surface area contributed by atoms with Crippen LogP contribution < -0.4 is 5.32 Å². The summed E-state index contributed by atoms with van der Waals surface area (Å²) in [5, 5.41) is 2.94. The van der Waals surface area contributed by atoms with Gasteiger partial charge < -0.3 is 5.32 Å². The van der Waals surface area contributed by atoms with Gasteiger partial charge in [0.05, 0.1) is 17.4 Å². The summed E-state index contributed by atoms with van der Waals surface area (Å²) in [4.78, 5) is 12.4. The SMILES string of the molecule is CC(NC(=O)Cc1ccc(S(=O)(=O)N(C)C)cc1)c1ccccc1. The maximum atomic E-state index is 12.1. The van der Waals surface area contributed by atoms with Gasteiger partial charge in [-0.2, -0.15) is 0 Å². The van der Waals surface area contributed by atoms with Crippen molar-refractivity contribution in [2.75, 3.05) is 14.1 Å². The van der Waals surface area contributed by atoms with E-state index >= 15 is 0 Å². The van der Waals surface area contributed by atoms with Gasteiger partial charge in [0.15, 0.2) is 0 Å². The van der Waals surface area contributed by atoms with Crippen LogP contribution in [0.4, 0.5) is 0 Å². The van der Waals surface area contributed by atoms with E-state index in [2.05, 4.69) is 5.32 Å². The number of hydrogen-bond donors (Lipinski definition) is 1. The minimum absolute atomic E-state index is 0.0768. The van der Waals surface area contributed by atoms with Crippen LogP contribution in [0.3, 0.4) is 0 Å². The third kappa shape index (κ3) is 4.43. The van der Waals surface area contributed by atoms with E-state index in [9.17, 15) is 13.2 Å². The lowest BCUT2D eigenvalue weighted by Crippen LogP contribution is -2.28. The number of carbonyl (C=O) groups is 1. The monoisotopic (exact) mass is 346 g/mol. The second-order valence-corrected chi connectivity index (χ2v) is 7.96. The van der Waals surface area contributed by atoms with Gasteiger partial charge in [-0.3, -0.25) is 4.79 Å². The average Bonchev–Trinajstić information content (AvgIpc) is 2.56. The number of nitrogens with one attached hydrogen (secondary N) is 1. The van der Waals surface area contributed by atoms with Crippen LogP contribution in [0.2, 0.25) is 0 Å². The molecule has 1 unspecified atom stereocenters. The van der Waals surface area contributed by atoms with Gasteiger partial charge in [0, 0.05) is 14.1 Å². The highest BCUT2D eigenvalue weighted by Gasteiger charge is 2.17. The molecule has 0 bridgehead atoms. The van der Waals surface area contributed by atoms with Gasteiger partial charge in [0.1, 0.15) is 0 Å². The fourth-order valence-electron chi connectivity index (χ4n) is 2.29. The number of amides is 1. The summed E-state index contributed by atoms with van der Waals surface area (Å²) in [6.45, 7) is 1.93. The Morgan fingerprint density at radius 2 is 1.62 bits per heavy atom. The van der Waals surface area contributed by atoms with Crippen molar-refractivity contribution in [1.82, 2.24) is 9.62 Å². The molecule has 0 saturated carbocycles. The second kappa shape index (κ2) is 7.59. The Kier molecular flexibility index (Phi) is 5.75. The lowest BCUT2D eigenvalue weighted by molar-refractivity contribution is -0.121. The van der Waals surface area contributed by atoms with Crippen molar-refractivity contribution in [1.29, 1.82) is 0 Å². The number of hydrogen-bond acceptors (Lipinski definition) is 3. The highest BCUT2D eigenvalue weighted by Crippen LogP contribution is 2.15. The molecule has 1 N–H and O–H groups in total. The van der Waals surface area contributed by atoms with Crippen LogP contribution in [0.5, 0.6) is 0 Å². The fraction of sp³-hybridized carbons (Fsp3) is 0.278. The molecule has 0 radical (unpaired) electrons. The van der Waals surface area contributed by atoms with Gasteiger partial charge in [-0.15, -0.1) is 0 Å². The molecule has 0 saturated heterocycles. The van der Waals surface area contributed by atoms with Crippen molar-refractivity contribution in [2.24, 2.45) is 0 Å². The summed E-state index contributed by atoms with van der Waals surface area (Å²) < 4.78 is 25.2. The first-order chi connectivity index (χ1) is 11.3. The molecule has 1 atom stereocenters. The predicted octanol–water partition coefficient (Wildman–Crippen LogP) is 2.36. The van der Waals surface area contributed by atoms with Gasteiger partial charge in [-0.1, -0.05) is 42.5 Å². The van der Waals surface area contributed by atoms with Crippen LogP contribution in [0.15, 0.2) is 59.5 Å². The molecule has 0 aromatic heterocycles. The van der Waals surface area contributed by atoms with E-state index in [0.29, 0.717) is 0 Å². The summed E-state index contributed by atoms with van der Waals surface area (Å²) in [6, 6.07) is 16.0. The molecular weight excluding hydrogens is 324 g/mol. The molecule has 2 rings (SSSR count). The highest BCUT2D eigenvalue weighted by atomic mass is 32.2. The minimum atomic E-state index is -3.44. The third-order valence-electron chi connectivity index (χ3n) is 3.74. The van der Waals surface area contributed by atoms with Crippen LogP contribution in [0, 0.1) is 0 Å². The Morgan fingerprint density at radius 3 is 2.17 bits per heavy atom. The molecule has 5 nitrogen and oxygen atoms in total. The largest absolute Gasteiger partial charge is 0.349 e. The standard InChI is InChI=1S/C18H22N2O3S/c1-14(16-7-5-4-6-8-16)19-18(21)13-15-9-11-17(12-10-15)24(22,23)20(2)3/h4-12,14H,13H2,1-3H3,(H,19,21). The average molecular weight is 346 g/mol. The Balaban J connectivity index is 2.00. The zero-order chi connectivity index (χ0) is 17.7. The zero-order valence-corrected chi connectivity index (χ0v) is 14.9. The molecule has 24 heavy (non-hydrogen) atoms. The zero-order valence-electron chi connectivity index (χ0n) is 14.1. The molecule has 0 heterocycles. The maximum absolute atomic E-state index is 12.1. The molecule has 0 spiro atoms. The Hall–Kier alpha value is -2.18. The second-order valence-electron chi connectivity index (χ2n) is 5.81. The van der Waals surface area contributed by atoms with Gasteiger partial charge in [-0.05, 0) is 30.2 Å². The lowest BCUT2D eigenvalue weighted by Gasteiger charge is -2.15. The molecule has 0 aliphatic carbocycles. The molecule has 1 amide bonds. The van der Waals surface area contributed by atoms with E-state index in [1.165, 1.54) is 26.2 Å². The van der Waals surface area contributed by atoms with E-state index in [0.717, 1.165) is 15.4 Å². The fourth-order valence-corrected chi connectivity index (χ4v) is 3.19. The molecule has 0 aliphatic rings. The van der Waals surface area contributed by atoms with Crippen molar-refractivity contribution in [3.63, 3.8) is 0 Å². The smallest absolute Gasteiger partial charge is 0.242 e. The summed E-state index contributed by atoms with van der Waals surface area (Å²) in [5.74, 6) is -0.102. The van der Waals surface area contributed by atoms with E-state index in [-0.39, 0.29) is 23.3 Å². The Morgan fingerprint density at radius 1 is 1.04 bits per heavy atom. The van der Waals surface area contributed by atoms with Gasteiger partial charge in [-0.25, -0.2) is 12.7 Å². The number of rotatable bonds is 6. The lowest BCUT2D eigenvalue weighted by atomic mass is 10.1. The quantitative estimate of drug-likeness (QED) is 0.873. The maximum Gasteiger partial charge on any atom is 0.242 e. The number of sulfonamides is 1. The van der Waals surface area contributed by atoms with Crippen molar-refractivity contribution in [2.45, 2.75) is 24.3 Å². The van der Waals surface area contributed by atoms with E-state index < -0.39 is 10.0 Å². The Bertz CT molecular complexity index is 785. The van der Waals surface area contributed by atoms with Crippen molar-refractivity contribution >= 4 is 15.9 Å². The van der Waals surface area contributed by atoms with Gasteiger partial charge in [0.2, 0.25) is 15.9 Å². The topological polar surface area (TPSA) is 66.5 Å². The van der Waals surface area contributed by atoms with Crippen molar-refractivity contribution in [3.05, 3.63) is 65.7 Å². The van der Waals surface area contributed by atoms with E-state index in [1.54, 1.807) is 12.1 Å². The molecule has 0 fully saturated rings. The number of nitrogens with zero attached hydrogens (tertiary/aromatic N) is 1. The van der Waals surface area contributed by atoms with Crippen LogP contribution in [-0.4, -0.2) is 32.7 Å². The molecule has 6 heteroatoms. The first-order valence-electron chi connectivity index (χ1n) is 7.66. The number of benzene rings is 2. The van der Waals surface area contributed by atoms with Crippen LogP contribution in [0.25, 0.3) is 0 Å². The molecule has 2 aromatic rings. The first kappa shape index (κ1) is 18.2. The first-order valence-corrected chi connectivity index (χ1v) is 9.10. The Labute approximate surface area is 143 Å². The molecule has 2 aromatic carbocycles. The minimum Gasteiger partial charge on any atom is -0.349 e. The van der Waals surface area contributed by atoms with Crippen LogP contribution >= 0.6 is 0 Å². The molecular formula is C18H22N2O3S. The summed E-state index contributed by atoms with van der Waals surface area (Å²) in [5.41, 5.74) is 1.81. The molecule has 128 valence electrons. The highest BCUT2D eigenvalue weighted by molar-refractivity contribution is 7.89. The third-order valence-corrected chi connectivity index (χ3v) is 5.57. The summed E-state index contributed by atoms with van der Waals surface area (Å²) in [6.07, 6.45) is 0.208. The van der Waals surface area contributed by atoms with Gasteiger partial charge >= 0.3 is 0 Å². The predicted molar refractivity (Wildman–Crippen MR) is 94.0 cm³/mol. The van der Waals surface area contributed by atoms with E-state index in [4.69, 9.17) is 0 Å².